The molecule has 5 rings (SSSR count). The van der Waals surface area contributed by atoms with Crippen molar-refractivity contribution in [3.8, 4) is 17.2 Å². The fraction of sp³-hybridized carbons (Fsp3) is 0.306. The second-order valence-electron chi connectivity index (χ2n) is 12.0. The molecule has 1 aliphatic rings. The molecule has 0 fully saturated rings. The molecule has 9 nitrogen and oxygen atoms in total. The largest absolute Gasteiger partial charge is 0.488 e. The number of carbonyl (C=O) groups excluding carboxylic acids is 1. The highest BCUT2D eigenvalue weighted by molar-refractivity contribution is 7.92. The Morgan fingerprint density at radius 1 is 1.02 bits per heavy atom. The van der Waals surface area contributed by atoms with Gasteiger partial charge in [-0.2, -0.15) is 0 Å². The average molecular weight is 678 g/mol. The number of likely N-dealkylation sites (N-methyl/N-ethyl adjacent to an activating group) is 1. The molecule has 1 amide bonds. The summed E-state index contributed by atoms with van der Waals surface area (Å²) in [5.74, 6) is 1.79. The van der Waals surface area contributed by atoms with Gasteiger partial charge < -0.3 is 19.5 Å². The van der Waals surface area contributed by atoms with E-state index in [0.717, 1.165) is 17.1 Å². The van der Waals surface area contributed by atoms with Gasteiger partial charge in [0.15, 0.2) is 0 Å². The van der Waals surface area contributed by atoms with Crippen molar-refractivity contribution in [2.75, 3.05) is 31.5 Å². The van der Waals surface area contributed by atoms with Crippen molar-refractivity contribution in [2.45, 2.75) is 43.9 Å². The maximum Gasteiger partial charge on any atom is 0.261 e. The predicted octanol–water partition coefficient (Wildman–Crippen LogP) is 6.21. The Morgan fingerprint density at radius 2 is 1.70 bits per heavy atom. The summed E-state index contributed by atoms with van der Waals surface area (Å²) < 4.78 is 41.3. The van der Waals surface area contributed by atoms with Gasteiger partial charge in [-0.3, -0.25) is 14.4 Å². The topological polar surface area (TPSA) is 108 Å². The summed E-state index contributed by atoms with van der Waals surface area (Å²) >= 11 is 5.94. The fourth-order valence-corrected chi connectivity index (χ4v) is 6.69. The van der Waals surface area contributed by atoms with E-state index in [2.05, 4.69) is 9.62 Å². The number of amides is 1. The Kier molecular flexibility index (Phi) is 11.1. The van der Waals surface area contributed by atoms with E-state index >= 15 is 0 Å². The predicted molar refractivity (Wildman–Crippen MR) is 184 cm³/mol. The Morgan fingerprint density at radius 3 is 2.38 bits per heavy atom. The summed E-state index contributed by atoms with van der Waals surface area (Å²) in [4.78, 5) is 17.5. The van der Waals surface area contributed by atoms with Gasteiger partial charge in [-0.25, -0.2) is 8.42 Å². The molecule has 2 N–H and O–H groups in total. The Hall–Kier alpha value is -4.09. The Bertz CT molecular complexity index is 1750. The van der Waals surface area contributed by atoms with Gasteiger partial charge in [0.2, 0.25) is 5.91 Å². The molecule has 0 unspecified atom stereocenters. The summed E-state index contributed by atoms with van der Waals surface area (Å²) in [7, 11) is -1.88. The van der Waals surface area contributed by atoms with Crippen LogP contribution in [0.15, 0.2) is 102 Å². The van der Waals surface area contributed by atoms with E-state index < -0.39 is 16.1 Å². The number of nitrogens with one attached hydrogen (secondary N) is 1. The zero-order valence-corrected chi connectivity index (χ0v) is 28.2. The van der Waals surface area contributed by atoms with Crippen LogP contribution in [-0.2, 0) is 27.8 Å². The number of anilines is 1. The highest BCUT2D eigenvalue weighted by Gasteiger charge is 2.31. The number of hydrogen-bond acceptors (Lipinski definition) is 7. The second-order valence-corrected chi connectivity index (χ2v) is 14.1. The van der Waals surface area contributed by atoms with Crippen LogP contribution in [0.2, 0.25) is 5.02 Å². The maximum absolute atomic E-state index is 13.6. The van der Waals surface area contributed by atoms with Crippen molar-refractivity contribution < 1.29 is 27.8 Å². The van der Waals surface area contributed by atoms with Gasteiger partial charge in [-0.15, -0.1) is 0 Å². The highest BCUT2D eigenvalue weighted by Crippen LogP contribution is 2.30. The van der Waals surface area contributed by atoms with Crippen LogP contribution in [0.25, 0.3) is 0 Å². The van der Waals surface area contributed by atoms with Crippen molar-refractivity contribution in [2.24, 2.45) is 5.92 Å². The number of carbonyl (C=O) groups is 1. The first-order valence-corrected chi connectivity index (χ1v) is 17.4. The molecule has 1 aliphatic heterocycles. The summed E-state index contributed by atoms with van der Waals surface area (Å²) in [5.41, 5.74) is 1.96. The molecule has 0 radical (unpaired) electrons. The van der Waals surface area contributed by atoms with Crippen LogP contribution < -0.4 is 14.2 Å². The number of nitrogens with zero attached hydrogens (tertiary/aromatic N) is 2. The number of rotatable bonds is 11. The highest BCUT2D eigenvalue weighted by atomic mass is 35.5. The smallest absolute Gasteiger partial charge is 0.261 e. The first kappa shape index (κ1) is 34.3. The standard InChI is InChI=1S/C36H40ClN3O6S/c1-25-21-40(26(2)24-41)36(42)20-28-19-30(38-47(43,44)33-16-11-29(37)12-17-33)13-18-34(28)46-35(25)23-39(3)22-27-9-14-32(15-10-27)45-31-7-5-4-6-8-31/h4-19,25-26,35,38,41H,20-24H2,1-3H3/t25-,26+,35-/m0/s1. The molecule has 47 heavy (non-hydrogen) atoms. The van der Waals surface area contributed by atoms with E-state index in [4.69, 9.17) is 21.1 Å². The van der Waals surface area contributed by atoms with Crippen LogP contribution >= 0.6 is 11.6 Å². The van der Waals surface area contributed by atoms with Gasteiger partial charge in [-0.05, 0) is 86.3 Å². The summed E-state index contributed by atoms with van der Waals surface area (Å²) in [5, 5.41) is 10.4. The maximum atomic E-state index is 13.6. The number of sulfonamides is 1. The van der Waals surface area contributed by atoms with Crippen molar-refractivity contribution >= 4 is 33.2 Å². The minimum Gasteiger partial charge on any atom is -0.488 e. The van der Waals surface area contributed by atoms with Gasteiger partial charge in [0, 0.05) is 41.8 Å². The van der Waals surface area contributed by atoms with Gasteiger partial charge in [0.25, 0.3) is 10.0 Å². The third-order valence-electron chi connectivity index (χ3n) is 8.14. The van der Waals surface area contributed by atoms with Crippen molar-refractivity contribution in [1.82, 2.24) is 9.80 Å². The van der Waals surface area contributed by atoms with Gasteiger partial charge in [-0.1, -0.05) is 48.9 Å². The molecule has 3 atom stereocenters. The third-order valence-corrected chi connectivity index (χ3v) is 9.79. The molecular weight excluding hydrogens is 638 g/mol. The lowest BCUT2D eigenvalue weighted by Gasteiger charge is -2.34. The number of halogens is 1. The van der Waals surface area contributed by atoms with Gasteiger partial charge in [0.1, 0.15) is 23.4 Å². The van der Waals surface area contributed by atoms with E-state index in [1.807, 2.05) is 75.5 Å². The molecule has 0 spiro atoms. The quantitative estimate of drug-likeness (QED) is 0.194. The number of hydrogen-bond donors (Lipinski definition) is 2. The zero-order valence-electron chi connectivity index (χ0n) is 26.7. The van der Waals surface area contributed by atoms with Crippen LogP contribution in [0, 0.1) is 5.92 Å². The van der Waals surface area contributed by atoms with Crippen LogP contribution in [0.1, 0.15) is 25.0 Å². The van der Waals surface area contributed by atoms with E-state index in [0.29, 0.717) is 41.7 Å². The number of benzene rings is 4. The number of aliphatic hydroxyl groups excluding tert-OH is 1. The molecule has 0 bridgehead atoms. The molecule has 0 aromatic heterocycles. The lowest BCUT2D eigenvalue weighted by atomic mass is 10.0. The average Bonchev–Trinajstić information content (AvgIpc) is 3.09. The summed E-state index contributed by atoms with van der Waals surface area (Å²) in [6.45, 7) is 5.29. The minimum atomic E-state index is -3.90. The molecule has 11 heteroatoms. The number of aliphatic hydroxyl groups is 1. The van der Waals surface area contributed by atoms with Crippen molar-refractivity contribution in [3.63, 3.8) is 0 Å². The SMILES string of the molecule is C[C@H](CO)N1C[C@H](C)[C@H](CN(C)Cc2ccc(Oc3ccccc3)cc2)Oc2ccc(NS(=O)(=O)c3ccc(Cl)cc3)cc2CC1=O. The lowest BCUT2D eigenvalue weighted by molar-refractivity contribution is -0.134. The van der Waals surface area contributed by atoms with Crippen molar-refractivity contribution in [3.05, 3.63) is 113 Å². The number of fused-ring (bicyclic) bond motifs is 1. The summed E-state index contributed by atoms with van der Waals surface area (Å²) in [6.07, 6.45) is -0.321. The van der Waals surface area contributed by atoms with Crippen LogP contribution in [-0.4, -0.2) is 68.1 Å². The summed E-state index contributed by atoms with van der Waals surface area (Å²) in [6, 6.07) is 28.1. The second kappa shape index (κ2) is 15.2. The first-order valence-electron chi connectivity index (χ1n) is 15.5. The van der Waals surface area contributed by atoms with Crippen LogP contribution in [0.3, 0.4) is 0 Å². The molecule has 0 saturated carbocycles. The normalized spacial score (nSPS) is 17.6. The van der Waals surface area contributed by atoms with E-state index in [1.54, 1.807) is 23.1 Å². The zero-order chi connectivity index (χ0) is 33.6. The van der Waals surface area contributed by atoms with Crippen molar-refractivity contribution in [1.29, 1.82) is 0 Å². The molecular formula is C36H40ClN3O6S. The monoisotopic (exact) mass is 677 g/mol. The molecule has 0 aliphatic carbocycles. The number of ether oxygens (including phenoxy) is 2. The fourth-order valence-electron chi connectivity index (χ4n) is 5.51. The third kappa shape index (κ3) is 9.04. The molecule has 248 valence electrons. The molecule has 0 saturated heterocycles. The van der Waals surface area contributed by atoms with Crippen LogP contribution in [0.5, 0.6) is 17.2 Å². The van der Waals surface area contributed by atoms with Crippen LogP contribution in [0.4, 0.5) is 5.69 Å². The Labute approximate surface area is 281 Å². The molecule has 4 aromatic rings. The molecule has 4 aromatic carbocycles. The first-order chi connectivity index (χ1) is 22.5. The van der Waals surface area contributed by atoms with Gasteiger partial charge in [0.05, 0.1) is 24.0 Å². The van der Waals surface area contributed by atoms with E-state index in [9.17, 15) is 18.3 Å². The van der Waals surface area contributed by atoms with E-state index in [-0.39, 0.29) is 35.9 Å². The van der Waals surface area contributed by atoms with Gasteiger partial charge >= 0.3 is 0 Å². The number of para-hydroxylation sites is 1. The Balaban J connectivity index is 1.34. The lowest BCUT2D eigenvalue weighted by Crippen LogP contribution is -2.47. The molecule has 1 heterocycles. The van der Waals surface area contributed by atoms with E-state index in [1.165, 1.54) is 24.3 Å². The minimum absolute atomic E-state index is 0.0110.